The number of carbonyl (C=O) groups excluding carboxylic acids is 4. The summed E-state index contributed by atoms with van der Waals surface area (Å²) in [5.74, 6) is 0. The number of thioether (sulfide) groups is 1. The second-order valence-corrected chi connectivity index (χ2v) is 8.92. The van der Waals surface area contributed by atoms with Crippen LogP contribution in [0.15, 0.2) is 71.6 Å². The normalized spacial score (nSPS) is 12.8. The molecule has 0 fully saturated rings. The van der Waals surface area contributed by atoms with E-state index >= 15 is 0 Å². The number of aldehydes is 3. The van der Waals surface area contributed by atoms with E-state index in [-0.39, 0.29) is 5.56 Å². The van der Waals surface area contributed by atoms with E-state index < -0.39 is 11.0 Å². The average Bonchev–Trinajstić information content (AvgIpc) is 2.82. The molecule has 0 saturated heterocycles. The monoisotopic (exact) mass is 457 g/mol. The van der Waals surface area contributed by atoms with Crippen molar-refractivity contribution in [2.24, 2.45) is 5.73 Å². The molecule has 33 heavy (non-hydrogen) atoms. The summed E-state index contributed by atoms with van der Waals surface area (Å²) < 4.78 is 5.64. The molecule has 4 rings (SSSR count). The Hall–Kier alpha value is -3.97. The highest BCUT2D eigenvalue weighted by molar-refractivity contribution is 8.00. The second-order valence-electron chi connectivity index (χ2n) is 7.50. The fourth-order valence-corrected chi connectivity index (χ4v) is 5.43. The van der Waals surface area contributed by atoms with Gasteiger partial charge in [-0.3, -0.25) is 14.4 Å². The van der Waals surface area contributed by atoms with Crippen LogP contribution in [-0.2, 0) is 9.67 Å². The van der Waals surface area contributed by atoms with Gasteiger partial charge in [-0.1, -0.05) is 60.3 Å². The van der Waals surface area contributed by atoms with Gasteiger partial charge in [-0.25, -0.2) is 4.79 Å². The van der Waals surface area contributed by atoms with Crippen molar-refractivity contribution in [1.29, 1.82) is 0 Å². The molecule has 0 saturated carbocycles. The first-order valence-electron chi connectivity index (χ1n) is 10.0. The summed E-state index contributed by atoms with van der Waals surface area (Å²) in [5.41, 5.74) is 6.97. The third-order valence-electron chi connectivity index (χ3n) is 5.46. The van der Waals surface area contributed by atoms with Crippen LogP contribution < -0.4 is 5.73 Å². The number of nitrogens with two attached hydrogens (primary N) is 1. The maximum atomic E-state index is 12.1. The van der Waals surface area contributed by atoms with E-state index in [4.69, 9.17) is 10.5 Å². The van der Waals surface area contributed by atoms with Crippen molar-refractivity contribution in [2.75, 3.05) is 0 Å². The fraction of sp³-hybridized carbons (Fsp3) is 0.0769. The summed E-state index contributed by atoms with van der Waals surface area (Å²) in [5, 5.41) is 2.74. The molecule has 0 bridgehead atoms. The number of amides is 1. The molecule has 1 unspecified atom stereocenters. The third-order valence-corrected chi connectivity index (χ3v) is 6.71. The Kier molecular flexibility index (Phi) is 5.98. The molecule has 0 aliphatic heterocycles. The lowest BCUT2D eigenvalue weighted by Gasteiger charge is -2.31. The Labute approximate surface area is 193 Å². The van der Waals surface area contributed by atoms with Crippen LogP contribution in [-0.4, -0.2) is 25.0 Å². The van der Waals surface area contributed by atoms with Gasteiger partial charge in [-0.2, -0.15) is 0 Å². The van der Waals surface area contributed by atoms with Crippen LogP contribution in [0.3, 0.4) is 0 Å². The van der Waals surface area contributed by atoms with E-state index in [1.807, 2.05) is 24.3 Å². The zero-order valence-corrected chi connectivity index (χ0v) is 18.4. The first-order valence-corrected chi connectivity index (χ1v) is 10.8. The molecular formula is C26H19NO5S. The number of rotatable bonds is 7. The van der Waals surface area contributed by atoms with Crippen LogP contribution >= 0.6 is 11.8 Å². The predicted octanol–water partition coefficient (Wildman–Crippen LogP) is 5.49. The quantitative estimate of drug-likeness (QED) is 0.224. The maximum Gasteiger partial charge on any atom is 0.406 e. The number of hydrogen-bond donors (Lipinski definition) is 1. The number of hydrogen-bond acceptors (Lipinski definition) is 6. The first kappa shape index (κ1) is 22.2. The number of carbonyl (C=O) groups is 4. The van der Waals surface area contributed by atoms with Crippen molar-refractivity contribution in [3.8, 4) is 0 Å². The Morgan fingerprint density at radius 2 is 1.33 bits per heavy atom. The van der Waals surface area contributed by atoms with Gasteiger partial charge in [-0.05, 0) is 46.7 Å². The van der Waals surface area contributed by atoms with Gasteiger partial charge in [0.1, 0.15) is 0 Å². The van der Waals surface area contributed by atoms with Gasteiger partial charge in [0.2, 0.25) is 0 Å². The molecular weight excluding hydrogens is 438 g/mol. The largest absolute Gasteiger partial charge is 0.427 e. The Bertz CT molecular complexity index is 1430. The molecule has 6 nitrogen and oxygen atoms in total. The summed E-state index contributed by atoms with van der Waals surface area (Å²) in [4.78, 5) is 46.6. The van der Waals surface area contributed by atoms with Crippen LogP contribution in [0.4, 0.5) is 4.79 Å². The minimum Gasteiger partial charge on any atom is -0.427 e. The number of fused-ring (bicyclic) bond motifs is 2. The van der Waals surface area contributed by atoms with Gasteiger partial charge in [0, 0.05) is 27.1 Å². The number of ether oxygens (including phenoxy) is 1. The van der Waals surface area contributed by atoms with E-state index in [1.165, 1.54) is 17.8 Å². The van der Waals surface area contributed by atoms with Crippen molar-refractivity contribution in [3.05, 3.63) is 89.0 Å². The molecule has 1 amide bonds. The summed E-state index contributed by atoms with van der Waals surface area (Å²) in [7, 11) is 0. The Balaban J connectivity index is 2.01. The van der Waals surface area contributed by atoms with E-state index in [9.17, 15) is 19.2 Å². The van der Waals surface area contributed by atoms with E-state index in [0.717, 1.165) is 22.0 Å². The zero-order chi connectivity index (χ0) is 23.6. The van der Waals surface area contributed by atoms with Crippen LogP contribution in [0.2, 0.25) is 0 Å². The third kappa shape index (κ3) is 3.99. The topological polar surface area (TPSA) is 104 Å². The molecule has 1 atom stereocenters. The standard InChI is InChI=1S/C26H19NO5S/c1-26(32-25(27)31,33-23-11-10-16(13-28)19-6-2-4-8-21(19)23)24-18(15-30)12-17(14-29)20-7-3-5-9-22(20)24/h2-15H,1H3,(H2,27,31). The smallest absolute Gasteiger partial charge is 0.406 e. The molecule has 164 valence electrons. The van der Waals surface area contributed by atoms with Crippen LogP contribution in [0, 0.1) is 0 Å². The predicted molar refractivity (Wildman–Crippen MR) is 128 cm³/mol. The lowest BCUT2D eigenvalue weighted by Crippen LogP contribution is -2.30. The van der Waals surface area contributed by atoms with Crippen LogP contribution in [0.1, 0.15) is 43.6 Å². The summed E-state index contributed by atoms with van der Waals surface area (Å²) >= 11 is 1.19. The Morgan fingerprint density at radius 1 is 0.788 bits per heavy atom. The summed E-state index contributed by atoms with van der Waals surface area (Å²) in [6.07, 6.45) is 1.08. The van der Waals surface area contributed by atoms with E-state index in [0.29, 0.717) is 40.0 Å². The minimum atomic E-state index is -1.42. The molecule has 7 heteroatoms. The maximum absolute atomic E-state index is 12.1. The molecule has 2 N–H and O–H groups in total. The highest BCUT2D eigenvalue weighted by Crippen LogP contribution is 2.48. The fourth-order valence-electron chi connectivity index (χ4n) is 4.13. The first-order chi connectivity index (χ1) is 15.9. The van der Waals surface area contributed by atoms with Crippen molar-refractivity contribution in [3.63, 3.8) is 0 Å². The number of benzene rings is 4. The zero-order valence-electron chi connectivity index (χ0n) is 17.6. The second kappa shape index (κ2) is 8.88. The Morgan fingerprint density at radius 3 is 1.91 bits per heavy atom. The van der Waals surface area contributed by atoms with Gasteiger partial charge in [-0.15, -0.1) is 0 Å². The summed E-state index contributed by atoms with van der Waals surface area (Å²) in [6, 6.07) is 19.4. The van der Waals surface area contributed by atoms with Crippen LogP contribution in [0.25, 0.3) is 21.5 Å². The molecule has 0 aromatic heterocycles. The molecule has 0 heterocycles. The highest BCUT2D eigenvalue weighted by atomic mass is 32.2. The van der Waals surface area contributed by atoms with Gasteiger partial charge in [0.15, 0.2) is 23.8 Å². The van der Waals surface area contributed by atoms with Crippen molar-refractivity contribution >= 4 is 58.3 Å². The molecule has 4 aromatic rings. The van der Waals surface area contributed by atoms with Crippen molar-refractivity contribution < 1.29 is 23.9 Å². The van der Waals surface area contributed by atoms with E-state index in [1.54, 1.807) is 43.3 Å². The van der Waals surface area contributed by atoms with Gasteiger partial charge >= 0.3 is 6.09 Å². The van der Waals surface area contributed by atoms with Gasteiger partial charge in [0.05, 0.1) is 0 Å². The minimum absolute atomic E-state index is 0.209. The summed E-state index contributed by atoms with van der Waals surface area (Å²) in [6.45, 7) is 1.65. The van der Waals surface area contributed by atoms with Crippen molar-refractivity contribution in [1.82, 2.24) is 0 Å². The molecule has 0 spiro atoms. The lowest BCUT2D eigenvalue weighted by atomic mass is 9.92. The molecule has 0 aliphatic carbocycles. The van der Waals surface area contributed by atoms with Crippen LogP contribution in [0.5, 0.6) is 0 Å². The molecule has 4 aromatic carbocycles. The molecule has 0 aliphatic rings. The molecule has 0 radical (unpaired) electrons. The van der Waals surface area contributed by atoms with Crippen molar-refractivity contribution in [2.45, 2.75) is 16.8 Å². The average molecular weight is 458 g/mol. The number of primary amides is 1. The van der Waals surface area contributed by atoms with E-state index in [2.05, 4.69) is 0 Å². The highest BCUT2D eigenvalue weighted by Gasteiger charge is 2.37. The lowest BCUT2D eigenvalue weighted by molar-refractivity contribution is 0.0936. The van der Waals surface area contributed by atoms with Gasteiger partial charge in [0.25, 0.3) is 0 Å². The van der Waals surface area contributed by atoms with Gasteiger partial charge < -0.3 is 10.5 Å². The SMILES string of the molecule is CC(OC(N)=O)(Sc1ccc(C=O)c2ccccc12)c1c(C=O)cc(C=O)c2ccccc12.